The van der Waals surface area contributed by atoms with Crippen molar-refractivity contribution < 1.29 is 9.18 Å². The van der Waals surface area contributed by atoms with Crippen LogP contribution in [0.5, 0.6) is 0 Å². The van der Waals surface area contributed by atoms with Gasteiger partial charge in [-0.15, -0.1) is 0 Å². The molecular weight excluding hydrogens is 243 g/mol. The standard InChI is InChI=1S/C15H15FN2O/c16-12-5-1-4-11(10-12)15(19)18-9-3-7-14(18)13-6-2-8-17-13/h1-2,4-6,8,10,14,17H,3,7,9H2. The predicted molar refractivity (Wildman–Crippen MR) is 70.2 cm³/mol. The number of halogens is 1. The number of rotatable bonds is 2. The Morgan fingerprint density at radius 3 is 2.95 bits per heavy atom. The Hall–Kier alpha value is -2.10. The molecule has 2 heterocycles. The van der Waals surface area contributed by atoms with Crippen LogP contribution in [0.1, 0.15) is 34.9 Å². The van der Waals surface area contributed by atoms with Crippen LogP contribution in [0.3, 0.4) is 0 Å². The van der Waals surface area contributed by atoms with Crippen LogP contribution in [0, 0.1) is 5.82 Å². The van der Waals surface area contributed by atoms with Gasteiger partial charge < -0.3 is 9.88 Å². The van der Waals surface area contributed by atoms with Crippen LogP contribution in [-0.2, 0) is 0 Å². The van der Waals surface area contributed by atoms with Gasteiger partial charge in [0.05, 0.1) is 6.04 Å². The molecule has 1 aliphatic heterocycles. The molecule has 1 amide bonds. The van der Waals surface area contributed by atoms with Crippen molar-refractivity contribution >= 4 is 5.91 Å². The minimum Gasteiger partial charge on any atom is -0.363 e. The van der Waals surface area contributed by atoms with E-state index in [0.717, 1.165) is 25.1 Å². The SMILES string of the molecule is O=C(c1cccc(F)c1)N1CCCC1c1ccc[nH]1. The molecular formula is C15H15FN2O. The zero-order valence-corrected chi connectivity index (χ0v) is 10.5. The van der Waals surface area contributed by atoms with Crippen LogP contribution >= 0.6 is 0 Å². The van der Waals surface area contributed by atoms with Crippen LogP contribution in [0.2, 0.25) is 0 Å². The van der Waals surface area contributed by atoms with Crippen molar-refractivity contribution in [2.45, 2.75) is 18.9 Å². The van der Waals surface area contributed by atoms with Crippen molar-refractivity contribution in [2.24, 2.45) is 0 Å². The topological polar surface area (TPSA) is 36.1 Å². The quantitative estimate of drug-likeness (QED) is 0.882. The number of hydrogen-bond donors (Lipinski definition) is 1. The number of aromatic amines is 1. The molecule has 1 unspecified atom stereocenters. The fraction of sp³-hybridized carbons (Fsp3) is 0.267. The van der Waals surface area contributed by atoms with Gasteiger partial charge in [-0.2, -0.15) is 0 Å². The summed E-state index contributed by atoms with van der Waals surface area (Å²) < 4.78 is 13.2. The van der Waals surface area contributed by atoms with Gasteiger partial charge in [0.15, 0.2) is 0 Å². The summed E-state index contributed by atoms with van der Waals surface area (Å²) in [5.41, 5.74) is 1.46. The maximum atomic E-state index is 13.2. The van der Waals surface area contributed by atoms with E-state index in [-0.39, 0.29) is 17.8 Å². The summed E-state index contributed by atoms with van der Waals surface area (Å²) >= 11 is 0. The van der Waals surface area contributed by atoms with Crippen molar-refractivity contribution in [3.8, 4) is 0 Å². The largest absolute Gasteiger partial charge is 0.363 e. The average molecular weight is 258 g/mol. The summed E-state index contributed by atoms with van der Waals surface area (Å²) in [6, 6.07) is 9.87. The molecule has 3 nitrogen and oxygen atoms in total. The van der Waals surface area contributed by atoms with Gasteiger partial charge in [-0.25, -0.2) is 4.39 Å². The number of amides is 1. The lowest BCUT2D eigenvalue weighted by Crippen LogP contribution is -2.30. The van der Waals surface area contributed by atoms with E-state index < -0.39 is 0 Å². The lowest BCUT2D eigenvalue weighted by molar-refractivity contribution is 0.0732. The summed E-state index contributed by atoms with van der Waals surface area (Å²) in [6.45, 7) is 0.721. The zero-order valence-electron chi connectivity index (χ0n) is 10.5. The highest BCUT2D eigenvalue weighted by atomic mass is 19.1. The highest BCUT2D eigenvalue weighted by Gasteiger charge is 2.31. The molecule has 1 aromatic carbocycles. The van der Waals surface area contributed by atoms with Gasteiger partial charge in [0.2, 0.25) is 0 Å². The van der Waals surface area contributed by atoms with Gasteiger partial charge >= 0.3 is 0 Å². The molecule has 1 fully saturated rings. The Bertz CT molecular complexity index is 580. The summed E-state index contributed by atoms with van der Waals surface area (Å²) in [4.78, 5) is 17.4. The zero-order chi connectivity index (χ0) is 13.2. The first-order valence-corrected chi connectivity index (χ1v) is 6.45. The van der Waals surface area contributed by atoms with Crippen LogP contribution < -0.4 is 0 Å². The molecule has 3 rings (SSSR count). The fourth-order valence-corrected chi connectivity index (χ4v) is 2.67. The maximum Gasteiger partial charge on any atom is 0.254 e. The molecule has 0 spiro atoms. The van der Waals surface area contributed by atoms with Gasteiger partial charge in [-0.3, -0.25) is 4.79 Å². The molecule has 4 heteroatoms. The third-order valence-electron chi connectivity index (χ3n) is 3.57. The summed E-state index contributed by atoms with van der Waals surface area (Å²) in [6.07, 6.45) is 3.78. The van der Waals surface area contributed by atoms with Crippen LogP contribution in [0.25, 0.3) is 0 Å². The molecule has 0 saturated carbocycles. The van der Waals surface area contributed by atoms with Gasteiger partial charge in [0.1, 0.15) is 5.82 Å². The first kappa shape index (κ1) is 12.0. The van der Waals surface area contributed by atoms with Crippen molar-refractivity contribution in [1.82, 2.24) is 9.88 Å². The number of likely N-dealkylation sites (tertiary alicyclic amines) is 1. The van der Waals surface area contributed by atoms with Gasteiger partial charge in [0, 0.05) is 24.0 Å². The normalized spacial score (nSPS) is 18.8. The first-order valence-electron chi connectivity index (χ1n) is 6.45. The highest BCUT2D eigenvalue weighted by Crippen LogP contribution is 2.32. The Labute approximate surface area is 111 Å². The molecule has 1 atom stereocenters. The molecule has 98 valence electrons. The number of aromatic nitrogens is 1. The monoisotopic (exact) mass is 258 g/mol. The Morgan fingerprint density at radius 1 is 1.32 bits per heavy atom. The second kappa shape index (κ2) is 4.88. The van der Waals surface area contributed by atoms with E-state index in [1.54, 1.807) is 12.1 Å². The molecule has 1 aliphatic rings. The Kier molecular flexibility index (Phi) is 3.07. The summed E-state index contributed by atoms with van der Waals surface area (Å²) in [7, 11) is 0. The number of nitrogens with one attached hydrogen (secondary N) is 1. The number of H-pyrrole nitrogens is 1. The Morgan fingerprint density at radius 2 is 2.21 bits per heavy atom. The lowest BCUT2D eigenvalue weighted by Gasteiger charge is -2.24. The molecule has 0 bridgehead atoms. The van der Waals surface area contributed by atoms with E-state index in [1.165, 1.54) is 12.1 Å². The molecule has 2 aromatic rings. The van der Waals surface area contributed by atoms with Crippen molar-refractivity contribution in [1.29, 1.82) is 0 Å². The van der Waals surface area contributed by atoms with E-state index in [1.807, 2.05) is 23.2 Å². The van der Waals surface area contributed by atoms with E-state index >= 15 is 0 Å². The molecule has 1 saturated heterocycles. The first-order chi connectivity index (χ1) is 9.25. The molecule has 1 N–H and O–H groups in total. The average Bonchev–Trinajstić information content (AvgIpc) is 3.08. The highest BCUT2D eigenvalue weighted by molar-refractivity contribution is 5.94. The Balaban J connectivity index is 1.87. The second-order valence-corrected chi connectivity index (χ2v) is 4.79. The molecule has 0 aliphatic carbocycles. The van der Waals surface area contributed by atoms with Gasteiger partial charge in [0.25, 0.3) is 5.91 Å². The van der Waals surface area contributed by atoms with Crippen molar-refractivity contribution in [3.05, 3.63) is 59.7 Å². The summed E-state index contributed by atoms with van der Waals surface area (Å²) in [5.74, 6) is -0.474. The van der Waals surface area contributed by atoms with E-state index in [2.05, 4.69) is 4.98 Å². The second-order valence-electron chi connectivity index (χ2n) is 4.79. The number of benzene rings is 1. The minimum absolute atomic E-state index is 0.0748. The lowest BCUT2D eigenvalue weighted by atomic mass is 10.1. The van der Waals surface area contributed by atoms with Crippen molar-refractivity contribution in [3.63, 3.8) is 0 Å². The number of nitrogens with zero attached hydrogens (tertiary/aromatic N) is 1. The number of hydrogen-bond acceptors (Lipinski definition) is 1. The molecule has 19 heavy (non-hydrogen) atoms. The predicted octanol–water partition coefficient (Wildman–Crippen LogP) is 3.13. The van der Waals surface area contributed by atoms with Crippen LogP contribution in [-0.4, -0.2) is 22.3 Å². The fourth-order valence-electron chi connectivity index (χ4n) is 2.67. The third-order valence-corrected chi connectivity index (χ3v) is 3.57. The third kappa shape index (κ3) is 2.26. The van der Waals surface area contributed by atoms with Crippen molar-refractivity contribution in [2.75, 3.05) is 6.54 Å². The van der Waals surface area contributed by atoms with Crippen LogP contribution in [0.15, 0.2) is 42.6 Å². The van der Waals surface area contributed by atoms with Gasteiger partial charge in [-0.05, 0) is 43.2 Å². The summed E-state index contributed by atoms with van der Waals surface area (Å²) in [5, 5.41) is 0. The van der Waals surface area contributed by atoms with Gasteiger partial charge in [-0.1, -0.05) is 6.07 Å². The maximum absolute atomic E-state index is 13.2. The minimum atomic E-state index is -0.374. The van der Waals surface area contributed by atoms with E-state index in [9.17, 15) is 9.18 Å². The van der Waals surface area contributed by atoms with E-state index in [0.29, 0.717) is 5.56 Å². The molecule has 0 radical (unpaired) electrons. The number of carbonyl (C=O) groups excluding carboxylic acids is 1. The molecule has 1 aromatic heterocycles. The van der Waals surface area contributed by atoms with Crippen LogP contribution in [0.4, 0.5) is 4.39 Å². The number of carbonyl (C=O) groups is 1. The van der Waals surface area contributed by atoms with E-state index in [4.69, 9.17) is 0 Å². The smallest absolute Gasteiger partial charge is 0.254 e.